The molecule has 0 saturated heterocycles. The predicted octanol–water partition coefficient (Wildman–Crippen LogP) is 3.61. The van der Waals surface area contributed by atoms with Crippen molar-refractivity contribution < 1.29 is 0 Å². The summed E-state index contributed by atoms with van der Waals surface area (Å²) in [5.74, 6) is 0.876. The first-order valence-corrected chi connectivity index (χ1v) is 17.4. The van der Waals surface area contributed by atoms with E-state index in [0.717, 1.165) is 51.9 Å². The minimum atomic E-state index is -0.0798. The molecule has 0 amide bonds. The molecule has 1 aliphatic rings. The molecule has 0 spiro atoms. The summed E-state index contributed by atoms with van der Waals surface area (Å²) in [6.07, 6.45) is 4.24. The van der Waals surface area contributed by atoms with E-state index in [-0.39, 0.29) is 45.0 Å². The van der Waals surface area contributed by atoms with E-state index in [1.54, 1.807) is 0 Å². The van der Waals surface area contributed by atoms with Crippen molar-refractivity contribution in [1.29, 1.82) is 0 Å². The Balaban J connectivity index is 1.63. The molecule has 0 saturated carbocycles. The van der Waals surface area contributed by atoms with Crippen LogP contribution in [-0.2, 0) is 6.42 Å². The fraction of sp³-hybridized carbons (Fsp3) is 0.0690. The molecule has 3 aromatic carbocycles. The Kier molecular flexibility index (Phi) is 6.58. The molecule has 3 aromatic heterocycles. The van der Waals surface area contributed by atoms with Gasteiger partial charge in [-0.1, -0.05) is 0 Å². The third-order valence-corrected chi connectivity index (χ3v) is 11.9. The number of fused-ring (bicyclic) bond motifs is 8. The van der Waals surface area contributed by atoms with Gasteiger partial charge >= 0.3 is 255 Å². The van der Waals surface area contributed by atoms with E-state index in [1.165, 1.54) is 28.0 Å². The second kappa shape index (κ2) is 10.1. The average Bonchev–Trinajstić information content (AvgIpc) is 3.53. The van der Waals surface area contributed by atoms with Crippen LogP contribution in [0.3, 0.4) is 0 Å². The van der Waals surface area contributed by atoms with Gasteiger partial charge in [-0.3, -0.25) is 0 Å². The molecule has 2 radical (unpaired) electrons. The van der Waals surface area contributed by atoms with Gasteiger partial charge in [0.15, 0.2) is 0 Å². The van der Waals surface area contributed by atoms with Gasteiger partial charge in [0.05, 0.1) is 0 Å². The number of para-hydroxylation sites is 3. The molecule has 0 bridgehead atoms. The molecule has 0 fully saturated rings. The maximum atomic E-state index is 5.31. The molecule has 39 heavy (non-hydrogen) atoms. The van der Waals surface area contributed by atoms with Gasteiger partial charge in [0, 0.05) is 0 Å². The molecule has 7 rings (SSSR count). The van der Waals surface area contributed by atoms with E-state index in [9.17, 15) is 0 Å². The number of anilines is 1. The van der Waals surface area contributed by atoms with E-state index in [2.05, 4.69) is 108 Å². The number of nitrogens with zero attached hydrogens (tertiary/aromatic N) is 6. The third-order valence-electron chi connectivity index (χ3n) is 7.57. The minimum absolute atomic E-state index is 0.0611. The molecule has 1 aliphatic carbocycles. The summed E-state index contributed by atoms with van der Waals surface area (Å²) >= 11 is 2.64. The molecule has 10 heteroatoms. The second-order valence-corrected chi connectivity index (χ2v) is 14.1. The number of benzene rings is 3. The number of aromatic nitrogens is 4. The first-order chi connectivity index (χ1) is 19.1. The quantitative estimate of drug-likeness (QED) is 0.291. The fourth-order valence-electron chi connectivity index (χ4n) is 5.72. The van der Waals surface area contributed by atoms with Crippen LogP contribution in [0, 0.1) is 0 Å². The molecular weight excluding hydrogens is 540 g/mol. The van der Waals surface area contributed by atoms with Crippen LogP contribution < -0.4 is 2.87 Å². The van der Waals surface area contributed by atoms with Gasteiger partial charge in [0.25, 0.3) is 0 Å². The number of hydrogen-bond donors (Lipinski definition) is 0. The fourth-order valence-corrected chi connectivity index (χ4v) is 7.70. The zero-order valence-electron chi connectivity index (χ0n) is 21.5. The molecule has 0 aliphatic heterocycles. The second-order valence-electron chi connectivity index (χ2n) is 9.58. The van der Waals surface area contributed by atoms with E-state index in [1.807, 2.05) is 12.1 Å². The molecular formula is C29H22Al4N6. The van der Waals surface area contributed by atoms with Crippen LogP contribution in [-0.4, -0.2) is 99.5 Å². The van der Waals surface area contributed by atoms with Crippen molar-refractivity contribution in [2.24, 2.45) is 0 Å². The first-order valence-electron chi connectivity index (χ1n) is 12.9. The van der Waals surface area contributed by atoms with Crippen LogP contribution in [0.15, 0.2) is 72.4 Å². The zero-order valence-corrected chi connectivity index (χ0v) is 26.1. The summed E-state index contributed by atoms with van der Waals surface area (Å²) < 4.78 is 9.21. The van der Waals surface area contributed by atoms with E-state index in [4.69, 9.17) is 9.97 Å². The van der Waals surface area contributed by atoms with Gasteiger partial charge in [-0.25, -0.2) is 0 Å². The molecule has 3 heterocycles. The summed E-state index contributed by atoms with van der Waals surface area (Å²) in [7, 11) is 0. The van der Waals surface area contributed by atoms with Gasteiger partial charge in [-0.2, -0.15) is 0 Å². The normalized spacial score (nSPS) is 12.7. The van der Waals surface area contributed by atoms with Gasteiger partial charge in [-0.15, -0.1) is 0 Å². The Morgan fingerprint density at radius 1 is 0.795 bits per heavy atom. The van der Waals surface area contributed by atoms with Crippen LogP contribution in [0.2, 0.25) is 0 Å². The SMILES string of the molecule is [CH2]=[Al][N]([Al])C1=Cc2c(n(-c3nc4ccccc4c4nc5ccccc5n34)c3ccc([N]([Al]=[CH2])[Al]=[CH2])cc23)CC1. The summed E-state index contributed by atoms with van der Waals surface area (Å²) in [6.45, 7) is 0. The molecule has 0 unspecified atom stereocenters. The van der Waals surface area contributed by atoms with Gasteiger partial charge < -0.3 is 0 Å². The van der Waals surface area contributed by atoms with Crippen molar-refractivity contribution >= 4 is 128 Å². The standard InChI is InChI=1S/C26H16N6.3CH2.4Al/c27-15-9-11-22-18(13-15)19-14-16(28)10-12-23(19)31(22)26-30-20-6-2-1-5-17(20)25-29-21-7-3-4-8-24(21)32(25)26;;;;;;;/h1-9,11,13-14H,10,12H2;3*1H2;;;;. The van der Waals surface area contributed by atoms with Crippen LogP contribution in [0.4, 0.5) is 5.69 Å². The van der Waals surface area contributed by atoms with Crippen molar-refractivity contribution in [3.63, 3.8) is 0 Å². The van der Waals surface area contributed by atoms with Gasteiger partial charge in [-0.05, 0) is 0 Å². The third kappa shape index (κ3) is 4.00. The van der Waals surface area contributed by atoms with Crippen molar-refractivity contribution in [2.75, 3.05) is 2.87 Å². The summed E-state index contributed by atoms with van der Waals surface area (Å²) in [5, 5.41) is 14.9. The molecule has 180 valence electrons. The molecule has 0 N–H and O–H groups in total. The average molecular weight is 562 g/mol. The van der Waals surface area contributed by atoms with E-state index in [0.29, 0.717) is 0 Å². The van der Waals surface area contributed by atoms with Gasteiger partial charge in [0.1, 0.15) is 0 Å². The first kappa shape index (κ1) is 25.4. The summed E-state index contributed by atoms with van der Waals surface area (Å²) in [4.78, 5) is 10.4. The topological polar surface area (TPSA) is 41.6 Å². The Bertz CT molecular complexity index is 2010. The summed E-state index contributed by atoms with van der Waals surface area (Å²) in [5.41, 5.74) is 10.1. The Morgan fingerprint density at radius 3 is 2.36 bits per heavy atom. The van der Waals surface area contributed by atoms with Crippen molar-refractivity contribution in [2.45, 2.75) is 12.8 Å². The number of allylic oxidation sites excluding steroid dienone is 1. The number of imidazole rings is 1. The van der Waals surface area contributed by atoms with Crippen LogP contribution >= 0.6 is 0 Å². The van der Waals surface area contributed by atoms with Gasteiger partial charge in [0.2, 0.25) is 0 Å². The maximum absolute atomic E-state index is 5.31. The van der Waals surface area contributed by atoms with Crippen molar-refractivity contribution in [1.82, 2.24) is 21.8 Å². The Morgan fingerprint density at radius 2 is 1.56 bits per heavy atom. The number of rotatable bonds is 6. The monoisotopic (exact) mass is 562 g/mol. The molecule has 6 nitrogen and oxygen atoms in total. The van der Waals surface area contributed by atoms with E-state index < -0.39 is 0 Å². The summed E-state index contributed by atoms with van der Waals surface area (Å²) in [6, 6.07) is 23.4. The predicted molar refractivity (Wildman–Crippen MR) is 170 cm³/mol. The zero-order chi connectivity index (χ0) is 26.7. The van der Waals surface area contributed by atoms with Crippen LogP contribution in [0.25, 0.3) is 50.5 Å². The van der Waals surface area contributed by atoms with Crippen LogP contribution in [0.5, 0.6) is 0 Å². The Hall–Kier alpha value is -2.58. The molecule has 6 aromatic rings. The van der Waals surface area contributed by atoms with Crippen molar-refractivity contribution in [3.8, 4) is 5.95 Å². The Labute approximate surface area is 253 Å². The van der Waals surface area contributed by atoms with Crippen LogP contribution in [0.1, 0.15) is 17.7 Å². The van der Waals surface area contributed by atoms with Crippen molar-refractivity contribution in [3.05, 3.63) is 83.7 Å². The van der Waals surface area contributed by atoms with E-state index >= 15 is 0 Å². The number of hydrogen-bond acceptors (Lipinski definition) is 4. The molecule has 0 atom stereocenters.